The highest BCUT2D eigenvalue weighted by Crippen LogP contribution is 2.29. The SMILES string of the molecule is N#Cc1ccc(CN2C(=O)C3CCC(O3)C2=O)c(F)c1. The fourth-order valence-corrected chi connectivity index (χ4v) is 2.53. The van der Waals surface area contributed by atoms with Gasteiger partial charge in [0.05, 0.1) is 18.2 Å². The quantitative estimate of drug-likeness (QED) is 0.757. The monoisotopic (exact) mass is 274 g/mol. The van der Waals surface area contributed by atoms with Crippen LogP contribution in [0.3, 0.4) is 0 Å². The topological polar surface area (TPSA) is 70.4 Å². The van der Waals surface area contributed by atoms with Crippen LogP contribution in [0.5, 0.6) is 0 Å². The third kappa shape index (κ3) is 1.96. The van der Waals surface area contributed by atoms with Crippen LogP contribution in [0.1, 0.15) is 24.0 Å². The minimum Gasteiger partial charge on any atom is -0.355 e. The van der Waals surface area contributed by atoms with Gasteiger partial charge in [-0.1, -0.05) is 6.07 Å². The summed E-state index contributed by atoms with van der Waals surface area (Å²) in [5.74, 6) is -1.41. The molecule has 0 aromatic heterocycles. The van der Waals surface area contributed by atoms with E-state index >= 15 is 0 Å². The Balaban J connectivity index is 1.86. The number of hydrogen-bond acceptors (Lipinski definition) is 4. The predicted octanol–water partition coefficient (Wildman–Crippen LogP) is 1.11. The maximum Gasteiger partial charge on any atom is 0.258 e. The van der Waals surface area contributed by atoms with Crippen molar-refractivity contribution in [3.8, 4) is 6.07 Å². The molecule has 20 heavy (non-hydrogen) atoms. The average molecular weight is 274 g/mol. The molecule has 2 saturated heterocycles. The number of likely N-dealkylation sites (tertiary alicyclic amines) is 1. The third-order valence-electron chi connectivity index (χ3n) is 3.61. The van der Waals surface area contributed by atoms with E-state index in [4.69, 9.17) is 10.00 Å². The second-order valence-electron chi connectivity index (χ2n) is 4.87. The first-order valence-corrected chi connectivity index (χ1v) is 6.29. The number of carbonyl (C=O) groups is 2. The van der Waals surface area contributed by atoms with E-state index < -0.39 is 29.8 Å². The highest BCUT2D eigenvalue weighted by atomic mass is 19.1. The molecule has 2 unspecified atom stereocenters. The maximum atomic E-state index is 13.8. The smallest absolute Gasteiger partial charge is 0.258 e. The van der Waals surface area contributed by atoms with Gasteiger partial charge in [-0.15, -0.1) is 0 Å². The number of carbonyl (C=O) groups excluding carboxylic acids is 2. The van der Waals surface area contributed by atoms with E-state index in [9.17, 15) is 14.0 Å². The molecule has 2 aliphatic heterocycles. The van der Waals surface area contributed by atoms with Gasteiger partial charge in [-0.2, -0.15) is 5.26 Å². The van der Waals surface area contributed by atoms with Crippen molar-refractivity contribution >= 4 is 11.8 Å². The number of fused-ring (bicyclic) bond motifs is 2. The Bertz CT molecular complexity index is 616. The van der Waals surface area contributed by atoms with Gasteiger partial charge >= 0.3 is 0 Å². The highest BCUT2D eigenvalue weighted by Gasteiger charge is 2.46. The van der Waals surface area contributed by atoms with Crippen molar-refractivity contribution in [2.75, 3.05) is 0 Å². The van der Waals surface area contributed by atoms with Crippen molar-refractivity contribution in [1.29, 1.82) is 5.26 Å². The van der Waals surface area contributed by atoms with Crippen LogP contribution in [0.15, 0.2) is 18.2 Å². The standard InChI is InChI=1S/C14H11FN2O3/c15-10-5-8(6-16)1-2-9(10)7-17-13(18)11-3-4-12(20-11)14(17)19/h1-2,5,11-12H,3-4,7H2. The number of hydrogen-bond donors (Lipinski definition) is 0. The lowest BCUT2D eigenvalue weighted by molar-refractivity contribution is -0.169. The lowest BCUT2D eigenvalue weighted by Gasteiger charge is -2.30. The van der Waals surface area contributed by atoms with Crippen molar-refractivity contribution in [3.63, 3.8) is 0 Å². The predicted molar refractivity (Wildman–Crippen MR) is 64.6 cm³/mol. The summed E-state index contributed by atoms with van der Waals surface area (Å²) >= 11 is 0. The maximum absolute atomic E-state index is 13.8. The molecule has 0 spiro atoms. The van der Waals surface area contributed by atoms with Gasteiger partial charge in [-0.25, -0.2) is 4.39 Å². The Labute approximate surface area is 114 Å². The lowest BCUT2D eigenvalue weighted by atomic mass is 10.1. The van der Waals surface area contributed by atoms with E-state index in [1.54, 1.807) is 0 Å². The van der Waals surface area contributed by atoms with Gasteiger partial charge in [0.2, 0.25) is 0 Å². The fraction of sp³-hybridized carbons (Fsp3) is 0.357. The number of nitrogens with zero attached hydrogens (tertiary/aromatic N) is 2. The molecule has 0 saturated carbocycles. The molecule has 2 aliphatic rings. The molecular weight excluding hydrogens is 263 g/mol. The first kappa shape index (κ1) is 12.8. The second kappa shape index (κ2) is 4.69. The summed E-state index contributed by atoms with van der Waals surface area (Å²) in [5, 5.41) is 8.68. The van der Waals surface area contributed by atoms with E-state index in [0.29, 0.717) is 12.8 Å². The zero-order chi connectivity index (χ0) is 14.3. The molecule has 0 radical (unpaired) electrons. The molecule has 1 aromatic rings. The molecule has 6 heteroatoms. The number of ether oxygens (including phenoxy) is 1. The summed E-state index contributed by atoms with van der Waals surface area (Å²) < 4.78 is 19.1. The summed E-state index contributed by atoms with van der Waals surface area (Å²) in [6, 6.07) is 5.81. The minimum absolute atomic E-state index is 0.119. The third-order valence-corrected chi connectivity index (χ3v) is 3.61. The zero-order valence-corrected chi connectivity index (χ0v) is 10.5. The molecular formula is C14H11FN2O3. The van der Waals surface area contributed by atoms with Crippen LogP contribution in [0.2, 0.25) is 0 Å². The first-order chi connectivity index (χ1) is 9.60. The van der Waals surface area contributed by atoms with Crippen LogP contribution in [-0.2, 0) is 20.9 Å². The van der Waals surface area contributed by atoms with Crippen LogP contribution in [-0.4, -0.2) is 28.9 Å². The van der Waals surface area contributed by atoms with Crippen molar-refractivity contribution in [1.82, 2.24) is 4.90 Å². The van der Waals surface area contributed by atoms with Crippen molar-refractivity contribution in [2.45, 2.75) is 31.6 Å². The Kier molecular flexibility index (Phi) is 2.99. The van der Waals surface area contributed by atoms with Crippen LogP contribution in [0, 0.1) is 17.1 Å². The normalized spacial score (nSPS) is 24.9. The molecule has 0 aliphatic carbocycles. The van der Waals surface area contributed by atoms with Crippen LogP contribution in [0.4, 0.5) is 4.39 Å². The van der Waals surface area contributed by atoms with Gasteiger partial charge in [0, 0.05) is 5.56 Å². The van der Waals surface area contributed by atoms with Crippen molar-refractivity contribution < 1.29 is 18.7 Å². The molecule has 0 N–H and O–H groups in total. The van der Waals surface area contributed by atoms with E-state index in [1.165, 1.54) is 12.1 Å². The molecule has 3 rings (SSSR count). The van der Waals surface area contributed by atoms with Crippen LogP contribution < -0.4 is 0 Å². The molecule has 2 atom stereocenters. The summed E-state index contributed by atoms with van der Waals surface area (Å²) in [5.41, 5.74) is 0.415. The average Bonchev–Trinajstić information content (AvgIpc) is 2.90. The Morgan fingerprint density at radius 1 is 1.30 bits per heavy atom. The molecule has 2 fully saturated rings. The minimum atomic E-state index is -0.594. The number of imide groups is 1. The number of rotatable bonds is 2. The molecule has 102 valence electrons. The van der Waals surface area contributed by atoms with Crippen molar-refractivity contribution in [3.05, 3.63) is 35.1 Å². The second-order valence-corrected chi connectivity index (χ2v) is 4.87. The van der Waals surface area contributed by atoms with Crippen molar-refractivity contribution in [2.24, 2.45) is 0 Å². The number of amides is 2. The van der Waals surface area contributed by atoms with E-state index in [1.807, 2.05) is 6.07 Å². The van der Waals surface area contributed by atoms with Gasteiger partial charge in [0.15, 0.2) is 0 Å². The molecule has 2 bridgehead atoms. The number of morpholine rings is 1. The molecule has 5 nitrogen and oxygen atoms in total. The molecule has 1 aromatic carbocycles. The van der Waals surface area contributed by atoms with Gasteiger partial charge < -0.3 is 4.74 Å². The Morgan fingerprint density at radius 2 is 1.95 bits per heavy atom. The highest BCUT2D eigenvalue weighted by molar-refractivity contribution is 6.02. The zero-order valence-electron chi connectivity index (χ0n) is 10.5. The Hall–Kier alpha value is -2.26. The Morgan fingerprint density at radius 3 is 2.50 bits per heavy atom. The van der Waals surface area contributed by atoms with Crippen LogP contribution in [0.25, 0.3) is 0 Å². The largest absolute Gasteiger partial charge is 0.355 e. The van der Waals surface area contributed by atoms with E-state index in [0.717, 1.165) is 11.0 Å². The number of nitriles is 1. The molecule has 2 heterocycles. The first-order valence-electron chi connectivity index (χ1n) is 6.29. The molecule has 2 amide bonds. The van der Waals surface area contributed by atoms with Gasteiger partial charge in [0.25, 0.3) is 11.8 Å². The summed E-state index contributed by atoms with van der Waals surface area (Å²) in [6.07, 6.45) is -0.110. The van der Waals surface area contributed by atoms with E-state index in [-0.39, 0.29) is 17.7 Å². The van der Waals surface area contributed by atoms with Gasteiger partial charge in [-0.3, -0.25) is 14.5 Å². The van der Waals surface area contributed by atoms with Gasteiger partial charge in [-0.05, 0) is 25.0 Å². The van der Waals surface area contributed by atoms with E-state index in [2.05, 4.69) is 0 Å². The summed E-state index contributed by atoms with van der Waals surface area (Å²) in [4.78, 5) is 25.1. The summed E-state index contributed by atoms with van der Waals surface area (Å²) in [6.45, 7) is -0.119. The number of halogens is 1. The number of benzene rings is 1. The van der Waals surface area contributed by atoms with Crippen LogP contribution >= 0.6 is 0 Å². The fourth-order valence-electron chi connectivity index (χ4n) is 2.53. The summed E-state index contributed by atoms with van der Waals surface area (Å²) in [7, 11) is 0. The van der Waals surface area contributed by atoms with Gasteiger partial charge in [0.1, 0.15) is 18.0 Å². The lowest BCUT2D eigenvalue weighted by Crippen LogP contribution is -2.51.